The molecule has 0 bridgehead atoms. The Kier molecular flexibility index (Phi) is 4.16. The highest BCUT2D eigenvalue weighted by atomic mass is 16.7. The normalized spacial score (nSPS) is 30.7. The lowest BCUT2D eigenvalue weighted by Crippen LogP contribution is -2.31. The Bertz CT molecular complexity index is 141. The molecule has 1 aliphatic heterocycles. The molecule has 0 amide bonds. The van der Waals surface area contributed by atoms with Gasteiger partial charge >= 0.3 is 0 Å². The van der Waals surface area contributed by atoms with Gasteiger partial charge in [0.15, 0.2) is 5.79 Å². The minimum absolute atomic E-state index is 0.176. The van der Waals surface area contributed by atoms with Crippen molar-refractivity contribution in [2.45, 2.75) is 51.4 Å². The summed E-state index contributed by atoms with van der Waals surface area (Å²) < 4.78 is 11.3. The molecule has 3 heteroatoms. The second-order valence-electron chi connectivity index (χ2n) is 3.88. The van der Waals surface area contributed by atoms with Crippen molar-refractivity contribution in [1.29, 1.82) is 0 Å². The maximum atomic E-state index is 8.65. The van der Waals surface area contributed by atoms with Crippen LogP contribution in [0.1, 0.15) is 39.5 Å². The summed E-state index contributed by atoms with van der Waals surface area (Å²) in [6, 6.07) is 0. The maximum Gasteiger partial charge on any atom is 0.165 e. The molecule has 3 nitrogen and oxygen atoms in total. The van der Waals surface area contributed by atoms with Gasteiger partial charge in [0.2, 0.25) is 0 Å². The van der Waals surface area contributed by atoms with E-state index in [1.165, 1.54) is 0 Å². The van der Waals surface area contributed by atoms with E-state index in [0.717, 1.165) is 32.3 Å². The van der Waals surface area contributed by atoms with Crippen LogP contribution in [-0.2, 0) is 9.47 Å². The highest BCUT2D eigenvalue weighted by Gasteiger charge is 2.32. The van der Waals surface area contributed by atoms with Crippen molar-refractivity contribution in [3.63, 3.8) is 0 Å². The van der Waals surface area contributed by atoms with Gasteiger partial charge in [0, 0.05) is 13.0 Å². The zero-order valence-corrected chi connectivity index (χ0v) is 8.58. The van der Waals surface area contributed by atoms with Gasteiger partial charge in [-0.25, -0.2) is 0 Å². The minimum Gasteiger partial charge on any atom is -0.396 e. The van der Waals surface area contributed by atoms with Crippen molar-refractivity contribution >= 4 is 0 Å². The van der Waals surface area contributed by atoms with Crippen molar-refractivity contribution in [3.8, 4) is 0 Å². The highest BCUT2D eigenvalue weighted by molar-refractivity contribution is 4.71. The first-order valence-electron chi connectivity index (χ1n) is 5.09. The van der Waals surface area contributed by atoms with Crippen molar-refractivity contribution in [3.05, 3.63) is 0 Å². The molecule has 0 aromatic heterocycles. The van der Waals surface area contributed by atoms with Crippen LogP contribution in [0.5, 0.6) is 0 Å². The lowest BCUT2D eigenvalue weighted by Gasteiger charge is -2.27. The Morgan fingerprint density at radius 2 is 2.38 bits per heavy atom. The smallest absolute Gasteiger partial charge is 0.165 e. The van der Waals surface area contributed by atoms with Gasteiger partial charge in [-0.15, -0.1) is 0 Å². The van der Waals surface area contributed by atoms with Crippen LogP contribution in [0.4, 0.5) is 0 Å². The number of hydrogen-bond acceptors (Lipinski definition) is 3. The van der Waals surface area contributed by atoms with E-state index in [9.17, 15) is 0 Å². The molecule has 0 aromatic carbocycles. The summed E-state index contributed by atoms with van der Waals surface area (Å²) in [5.74, 6) is -0.366. The molecule has 0 radical (unpaired) electrons. The monoisotopic (exact) mass is 188 g/mol. The third-order valence-electron chi connectivity index (χ3n) is 2.40. The average Bonchev–Trinajstić information content (AvgIpc) is 2.48. The van der Waals surface area contributed by atoms with Crippen molar-refractivity contribution in [2.75, 3.05) is 13.2 Å². The first-order valence-corrected chi connectivity index (χ1v) is 5.09. The molecule has 2 atom stereocenters. The van der Waals surface area contributed by atoms with Gasteiger partial charge in [-0.05, 0) is 33.1 Å². The summed E-state index contributed by atoms with van der Waals surface area (Å²) in [5, 5.41) is 8.65. The molecule has 1 rings (SSSR count). The summed E-state index contributed by atoms with van der Waals surface area (Å²) in [6.07, 6.45) is 3.95. The number of hydrogen-bond donors (Lipinski definition) is 1. The molecule has 1 heterocycles. The van der Waals surface area contributed by atoms with E-state index in [2.05, 4.69) is 0 Å². The van der Waals surface area contributed by atoms with Gasteiger partial charge in [0.25, 0.3) is 0 Å². The molecule has 0 saturated carbocycles. The van der Waals surface area contributed by atoms with Crippen molar-refractivity contribution < 1.29 is 14.6 Å². The lowest BCUT2D eigenvalue weighted by atomic mass is 10.2. The Labute approximate surface area is 80.0 Å². The zero-order valence-electron chi connectivity index (χ0n) is 8.58. The second kappa shape index (κ2) is 4.94. The van der Waals surface area contributed by atoms with Crippen LogP contribution >= 0.6 is 0 Å². The maximum absolute atomic E-state index is 8.65. The van der Waals surface area contributed by atoms with E-state index in [-0.39, 0.29) is 18.5 Å². The van der Waals surface area contributed by atoms with E-state index in [4.69, 9.17) is 14.6 Å². The molecule has 1 saturated heterocycles. The summed E-state index contributed by atoms with van der Waals surface area (Å²) >= 11 is 0. The summed E-state index contributed by atoms with van der Waals surface area (Å²) in [5.41, 5.74) is 0. The van der Waals surface area contributed by atoms with Gasteiger partial charge in [0.05, 0.1) is 12.7 Å². The van der Waals surface area contributed by atoms with Gasteiger partial charge in [-0.1, -0.05) is 0 Å². The van der Waals surface area contributed by atoms with Gasteiger partial charge in [-0.3, -0.25) is 0 Å². The predicted molar refractivity (Wildman–Crippen MR) is 50.5 cm³/mol. The molecule has 1 aliphatic rings. The van der Waals surface area contributed by atoms with Crippen LogP contribution in [0.3, 0.4) is 0 Å². The molecule has 0 aliphatic carbocycles. The van der Waals surface area contributed by atoms with Crippen LogP contribution in [0, 0.1) is 0 Å². The fourth-order valence-electron chi connectivity index (χ4n) is 1.71. The topological polar surface area (TPSA) is 38.7 Å². The fraction of sp³-hybridized carbons (Fsp3) is 1.00. The fourth-order valence-corrected chi connectivity index (χ4v) is 1.71. The van der Waals surface area contributed by atoms with Crippen LogP contribution < -0.4 is 0 Å². The standard InChI is InChI=1S/C10H20O3/c1-9(5-3-7-11)13-10(2)6-4-8-12-10/h9,11H,3-8H2,1-2H3. The molecular formula is C10H20O3. The van der Waals surface area contributed by atoms with Gasteiger partial charge in [-0.2, -0.15) is 0 Å². The van der Waals surface area contributed by atoms with E-state index >= 15 is 0 Å². The van der Waals surface area contributed by atoms with E-state index in [1.54, 1.807) is 0 Å². The van der Waals surface area contributed by atoms with E-state index < -0.39 is 0 Å². The first kappa shape index (κ1) is 11.0. The SMILES string of the molecule is CC(CCCO)OC1(C)CCCO1. The molecule has 1 fully saturated rings. The molecule has 0 spiro atoms. The second-order valence-corrected chi connectivity index (χ2v) is 3.88. The average molecular weight is 188 g/mol. The molecule has 2 unspecified atom stereocenters. The largest absolute Gasteiger partial charge is 0.396 e. The van der Waals surface area contributed by atoms with Gasteiger partial charge < -0.3 is 14.6 Å². The third kappa shape index (κ3) is 3.63. The summed E-state index contributed by atoms with van der Waals surface area (Å²) in [6.45, 7) is 5.08. The Morgan fingerprint density at radius 1 is 1.62 bits per heavy atom. The van der Waals surface area contributed by atoms with Crippen molar-refractivity contribution in [1.82, 2.24) is 0 Å². The third-order valence-corrected chi connectivity index (χ3v) is 2.40. The molecule has 78 valence electrons. The van der Waals surface area contributed by atoms with Crippen molar-refractivity contribution in [2.24, 2.45) is 0 Å². The first-order chi connectivity index (χ1) is 6.16. The lowest BCUT2D eigenvalue weighted by molar-refractivity contribution is -0.221. The van der Waals surface area contributed by atoms with Gasteiger partial charge in [0.1, 0.15) is 0 Å². The van der Waals surface area contributed by atoms with E-state index in [1.807, 2.05) is 13.8 Å². The predicted octanol–water partition coefficient (Wildman–Crippen LogP) is 1.69. The number of aliphatic hydroxyl groups is 1. The Morgan fingerprint density at radius 3 is 2.92 bits per heavy atom. The number of ether oxygens (including phenoxy) is 2. The van der Waals surface area contributed by atoms with Crippen LogP contribution in [0.15, 0.2) is 0 Å². The Hall–Kier alpha value is -0.120. The molecular weight excluding hydrogens is 168 g/mol. The van der Waals surface area contributed by atoms with Crippen LogP contribution in [0.25, 0.3) is 0 Å². The summed E-state index contributed by atoms with van der Waals surface area (Å²) in [7, 11) is 0. The zero-order chi connectivity index (χ0) is 9.73. The Balaban J connectivity index is 2.21. The molecule has 1 N–H and O–H groups in total. The van der Waals surface area contributed by atoms with Crippen LogP contribution in [-0.4, -0.2) is 30.2 Å². The molecule has 13 heavy (non-hydrogen) atoms. The number of aliphatic hydroxyl groups excluding tert-OH is 1. The quantitative estimate of drug-likeness (QED) is 0.713. The highest BCUT2D eigenvalue weighted by Crippen LogP contribution is 2.28. The minimum atomic E-state index is -0.366. The van der Waals surface area contributed by atoms with Crippen LogP contribution in [0.2, 0.25) is 0 Å². The summed E-state index contributed by atoms with van der Waals surface area (Å²) in [4.78, 5) is 0. The van der Waals surface area contributed by atoms with E-state index in [0.29, 0.717) is 0 Å². The molecule has 0 aromatic rings. The number of rotatable bonds is 5.